The number of aliphatic imine (C=N–C) groups is 1. The highest BCUT2D eigenvalue weighted by molar-refractivity contribution is 8.16. The average molecular weight is 424 g/mol. The number of ether oxygens (including phenoxy) is 2. The molecular formula is C23H21FN2O3S. The van der Waals surface area contributed by atoms with E-state index in [2.05, 4.69) is 4.99 Å². The fourth-order valence-corrected chi connectivity index (χ4v) is 4.23. The summed E-state index contributed by atoms with van der Waals surface area (Å²) in [6, 6.07) is 13.6. The molecule has 0 spiro atoms. The first-order valence-electron chi connectivity index (χ1n) is 9.62. The van der Waals surface area contributed by atoms with Crippen molar-refractivity contribution in [2.45, 2.75) is 26.5 Å². The molecule has 2 aromatic carbocycles. The topological polar surface area (TPSA) is 51.1 Å². The molecule has 154 valence electrons. The summed E-state index contributed by atoms with van der Waals surface area (Å²) in [6.45, 7) is 4.20. The summed E-state index contributed by atoms with van der Waals surface area (Å²) in [6.07, 6.45) is 1.92. The van der Waals surface area contributed by atoms with Crippen molar-refractivity contribution in [2.24, 2.45) is 4.99 Å². The Hall–Kier alpha value is -3.06. The van der Waals surface area contributed by atoms with E-state index in [-0.39, 0.29) is 24.4 Å². The van der Waals surface area contributed by atoms with E-state index in [1.165, 1.54) is 23.9 Å². The van der Waals surface area contributed by atoms with Gasteiger partial charge in [-0.05, 0) is 54.6 Å². The molecule has 30 heavy (non-hydrogen) atoms. The predicted octanol–water partition coefficient (Wildman–Crippen LogP) is 5.17. The Morgan fingerprint density at radius 3 is 2.77 bits per heavy atom. The second-order valence-corrected chi connectivity index (χ2v) is 7.69. The number of hydrogen-bond acceptors (Lipinski definition) is 6. The van der Waals surface area contributed by atoms with Gasteiger partial charge in [-0.25, -0.2) is 14.2 Å². The van der Waals surface area contributed by atoms with Crippen molar-refractivity contribution in [1.29, 1.82) is 0 Å². The standard InChI is InChI=1S/C23H21FN2O3S/c1-3-28-22(27)20-15(2)25-23-26(11-12-30-23)21(20)17-7-9-19(10-8-17)29-14-16-5-4-6-18(24)13-16/h4-13,21H,3,14H2,1-2H3/t21-/m1/s1. The van der Waals surface area contributed by atoms with Gasteiger partial charge < -0.3 is 14.4 Å². The monoisotopic (exact) mass is 424 g/mol. The summed E-state index contributed by atoms with van der Waals surface area (Å²) in [7, 11) is 0. The van der Waals surface area contributed by atoms with Crippen LogP contribution in [0.4, 0.5) is 4.39 Å². The van der Waals surface area contributed by atoms with E-state index < -0.39 is 0 Å². The molecule has 7 heteroatoms. The Bertz CT molecular complexity index is 1050. The molecule has 0 aromatic heterocycles. The Kier molecular flexibility index (Phi) is 5.90. The fraction of sp³-hybridized carbons (Fsp3) is 0.217. The van der Waals surface area contributed by atoms with E-state index in [4.69, 9.17) is 9.47 Å². The highest BCUT2D eigenvalue weighted by atomic mass is 32.2. The third-order valence-electron chi connectivity index (χ3n) is 4.81. The second kappa shape index (κ2) is 8.75. The molecule has 5 nitrogen and oxygen atoms in total. The van der Waals surface area contributed by atoms with Gasteiger partial charge >= 0.3 is 5.97 Å². The van der Waals surface area contributed by atoms with Crippen LogP contribution in [0.15, 0.2) is 76.4 Å². The number of nitrogens with zero attached hydrogens (tertiary/aromatic N) is 2. The molecule has 0 saturated carbocycles. The Labute approximate surface area is 178 Å². The lowest BCUT2D eigenvalue weighted by Gasteiger charge is -2.33. The predicted molar refractivity (Wildman–Crippen MR) is 115 cm³/mol. The number of esters is 1. The van der Waals surface area contributed by atoms with Crippen molar-refractivity contribution in [3.05, 3.63) is 88.4 Å². The SMILES string of the molecule is CCOC(=O)C1=C(C)N=C2SC=CN2[C@@H]1c1ccc(OCc2cccc(F)c2)cc1. The van der Waals surface area contributed by atoms with Gasteiger partial charge in [-0.2, -0.15) is 0 Å². The van der Waals surface area contributed by atoms with E-state index >= 15 is 0 Å². The van der Waals surface area contributed by atoms with Crippen LogP contribution in [0, 0.1) is 5.82 Å². The van der Waals surface area contributed by atoms with Gasteiger partial charge in [-0.15, -0.1) is 0 Å². The minimum Gasteiger partial charge on any atom is -0.489 e. The van der Waals surface area contributed by atoms with Crippen LogP contribution in [-0.4, -0.2) is 22.6 Å². The van der Waals surface area contributed by atoms with E-state index in [1.807, 2.05) is 53.8 Å². The average Bonchev–Trinajstić information content (AvgIpc) is 3.20. The molecule has 2 aromatic rings. The maximum absolute atomic E-state index is 13.3. The number of rotatable bonds is 6. The molecule has 2 aliphatic heterocycles. The number of thioether (sulfide) groups is 1. The summed E-state index contributed by atoms with van der Waals surface area (Å²) in [4.78, 5) is 19.2. The summed E-state index contributed by atoms with van der Waals surface area (Å²) >= 11 is 1.52. The molecule has 0 unspecified atom stereocenters. The van der Waals surface area contributed by atoms with Crippen molar-refractivity contribution in [1.82, 2.24) is 4.90 Å². The van der Waals surface area contributed by atoms with Gasteiger partial charge in [0, 0.05) is 6.20 Å². The first-order valence-corrected chi connectivity index (χ1v) is 10.5. The molecule has 0 N–H and O–H groups in total. The lowest BCUT2D eigenvalue weighted by atomic mass is 9.95. The van der Waals surface area contributed by atoms with E-state index in [0.717, 1.165) is 16.3 Å². The lowest BCUT2D eigenvalue weighted by molar-refractivity contribution is -0.139. The summed E-state index contributed by atoms with van der Waals surface area (Å²) in [5, 5.41) is 2.78. The zero-order valence-electron chi connectivity index (χ0n) is 16.7. The highest BCUT2D eigenvalue weighted by Crippen LogP contribution is 2.41. The normalized spacial score (nSPS) is 17.6. The van der Waals surface area contributed by atoms with Crippen molar-refractivity contribution < 1.29 is 18.7 Å². The van der Waals surface area contributed by atoms with Gasteiger partial charge in [0.2, 0.25) is 0 Å². The number of amidine groups is 1. The Morgan fingerprint density at radius 1 is 1.23 bits per heavy atom. The largest absolute Gasteiger partial charge is 0.489 e. The fourth-order valence-electron chi connectivity index (χ4n) is 3.44. The Morgan fingerprint density at radius 2 is 2.03 bits per heavy atom. The van der Waals surface area contributed by atoms with Gasteiger partial charge in [-0.3, -0.25) is 0 Å². The number of hydrogen-bond donors (Lipinski definition) is 0. The van der Waals surface area contributed by atoms with Crippen LogP contribution in [0.25, 0.3) is 0 Å². The van der Waals surface area contributed by atoms with Crippen LogP contribution in [0.2, 0.25) is 0 Å². The number of fused-ring (bicyclic) bond motifs is 1. The molecule has 2 aliphatic rings. The number of benzene rings is 2. The molecular weight excluding hydrogens is 403 g/mol. The third-order valence-corrected chi connectivity index (χ3v) is 5.58. The summed E-state index contributed by atoms with van der Waals surface area (Å²) < 4.78 is 24.4. The zero-order valence-corrected chi connectivity index (χ0v) is 17.5. The van der Waals surface area contributed by atoms with Gasteiger partial charge in [0.1, 0.15) is 18.2 Å². The number of allylic oxidation sites excluding steroid dienone is 1. The number of halogens is 1. The maximum Gasteiger partial charge on any atom is 0.338 e. The molecule has 1 atom stereocenters. The van der Waals surface area contributed by atoms with Crippen molar-refractivity contribution in [3.8, 4) is 5.75 Å². The first kappa shape index (κ1) is 20.2. The third kappa shape index (κ3) is 4.11. The smallest absolute Gasteiger partial charge is 0.338 e. The quantitative estimate of drug-likeness (QED) is 0.599. The van der Waals surface area contributed by atoms with E-state index in [0.29, 0.717) is 23.6 Å². The van der Waals surface area contributed by atoms with Crippen molar-refractivity contribution >= 4 is 22.9 Å². The Balaban J connectivity index is 1.57. The molecule has 0 radical (unpaired) electrons. The van der Waals surface area contributed by atoms with Crippen LogP contribution in [0.1, 0.15) is 31.0 Å². The van der Waals surface area contributed by atoms with Crippen LogP contribution in [0.5, 0.6) is 5.75 Å². The minimum absolute atomic E-state index is 0.274. The molecule has 0 bridgehead atoms. The molecule has 0 saturated heterocycles. The van der Waals surface area contributed by atoms with Crippen molar-refractivity contribution in [3.63, 3.8) is 0 Å². The summed E-state index contributed by atoms with van der Waals surface area (Å²) in [5.74, 6) is 0.0170. The van der Waals surface area contributed by atoms with Gasteiger partial charge in [0.15, 0.2) is 5.17 Å². The van der Waals surface area contributed by atoms with Crippen LogP contribution in [-0.2, 0) is 16.1 Å². The van der Waals surface area contributed by atoms with Gasteiger partial charge in [-0.1, -0.05) is 36.0 Å². The van der Waals surface area contributed by atoms with E-state index in [9.17, 15) is 9.18 Å². The van der Waals surface area contributed by atoms with Crippen molar-refractivity contribution in [2.75, 3.05) is 6.61 Å². The van der Waals surface area contributed by atoms with Gasteiger partial charge in [0.05, 0.1) is 23.9 Å². The zero-order chi connectivity index (χ0) is 21.1. The number of carbonyl (C=O) groups is 1. The van der Waals surface area contributed by atoms with E-state index in [1.54, 1.807) is 13.0 Å². The lowest BCUT2D eigenvalue weighted by Crippen LogP contribution is -2.34. The second-order valence-electron chi connectivity index (χ2n) is 6.81. The minimum atomic E-state index is -0.362. The first-order chi connectivity index (χ1) is 14.6. The molecule has 0 aliphatic carbocycles. The maximum atomic E-state index is 13.3. The molecule has 0 amide bonds. The highest BCUT2D eigenvalue weighted by Gasteiger charge is 2.37. The van der Waals surface area contributed by atoms with Crippen LogP contribution < -0.4 is 4.74 Å². The summed E-state index contributed by atoms with van der Waals surface area (Å²) in [5.41, 5.74) is 2.87. The number of carbonyl (C=O) groups excluding carboxylic acids is 1. The molecule has 0 fully saturated rings. The molecule has 2 heterocycles. The van der Waals surface area contributed by atoms with Crippen LogP contribution >= 0.6 is 11.8 Å². The van der Waals surface area contributed by atoms with Crippen LogP contribution in [0.3, 0.4) is 0 Å². The van der Waals surface area contributed by atoms with Gasteiger partial charge in [0.25, 0.3) is 0 Å². The molecule has 4 rings (SSSR count).